The minimum atomic E-state index is -0.587. The highest BCUT2D eigenvalue weighted by molar-refractivity contribution is 7.99. The Labute approximate surface area is 169 Å². The molecule has 0 aliphatic heterocycles. The number of amides is 1. The maximum atomic E-state index is 12.1. The number of nitrogens with one attached hydrogen (secondary N) is 1. The molecule has 1 amide bonds. The molecule has 0 saturated heterocycles. The molecule has 0 aromatic heterocycles. The molecule has 2 aromatic rings. The number of unbranched alkanes of at least 4 members (excludes halogenated alkanes) is 5. The van der Waals surface area contributed by atoms with Gasteiger partial charge in [-0.1, -0.05) is 50.8 Å². The normalized spacial score (nSPS) is 10.6. The second-order valence-corrected chi connectivity index (χ2v) is 7.55. The molecule has 0 bridgehead atoms. The number of phenols is 3. The van der Waals surface area contributed by atoms with E-state index in [1.165, 1.54) is 55.3 Å². The summed E-state index contributed by atoms with van der Waals surface area (Å²) in [6.45, 7) is 2.52. The first-order valence-corrected chi connectivity index (χ1v) is 10.3. The Kier molecular flexibility index (Phi) is 8.81. The van der Waals surface area contributed by atoms with Crippen molar-refractivity contribution in [3.63, 3.8) is 0 Å². The van der Waals surface area contributed by atoms with Gasteiger partial charge in [-0.15, -0.1) is 0 Å². The average Bonchev–Trinajstić information content (AvgIpc) is 2.65. The average molecular weight is 406 g/mol. The second kappa shape index (κ2) is 11.3. The summed E-state index contributed by atoms with van der Waals surface area (Å²) in [6.07, 6.45) is 6.04. The molecule has 2 rings (SSSR count). The lowest BCUT2D eigenvalue weighted by Crippen LogP contribution is -2.15. The SMILES string of the molecule is CCCCCCCCOC(=O)Nc1cc(O)ccc1Sc1ccc(O)cc1O. The van der Waals surface area contributed by atoms with Gasteiger partial charge in [-0.3, -0.25) is 5.32 Å². The number of rotatable bonds is 10. The van der Waals surface area contributed by atoms with Crippen LogP contribution in [-0.2, 0) is 4.74 Å². The van der Waals surface area contributed by atoms with Crippen LogP contribution in [0.2, 0.25) is 0 Å². The molecule has 28 heavy (non-hydrogen) atoms. The number of phenolic OH excluding ortho intramolecular Hbond substituents is 3. The smallest absolute Gasteiger partial charge is 0.411 e. The Morgan fingerprint density at radius 1 is 0.929 bits per heavy atom. The lowest BCUT2D eigenvalue weighted by atomic mass is 10.1. The maximum Gasteiger partial charge on any atom is 0.411 e. The minimum Gasteiger partial charge on any atom is -0.508 e. The number of benzene rings is 2. The van der Waals surface area contributed by atoms with E-state index in [9.17, 15) is 20.1 Å². The van der Waals surface area contributed by atoms with E-state index in [1.807, 2.05) is 0 Å². The van der Waals surface area contributed by atoms with Crippen LogP contribution in [0.4, 0.5) is 10.5 Å². The van der Waals surface area contributed by atoms with Crippen molar-refractivity contribution in [1.82, 2.24) is 0 Å². The van der Waals surface area contributed by atoms with Gasteiger partial charge in [0.1, 0.15) is 17.2 Å². The molecule has 0 fully saturated rings. The first-order valence-electron chi connectivity index (χ1n) is 9.46. The van der Waals surface area contributed by atoms with E-state index in [1.54, 1.807) is 12.1 Å². The van der Waals surface area contributed by atoms with Crippen LogP contribution in [0.15, 0.2) is 46.2 Å². The number of hydrogen-bond acceptors (Lipinski definition) is 6. The third-order valence-electron chi connectivity index (χ3n) is 4.09. The molecule has 2 aromatic carbocycles. The predicted octanol–water partition coefficient (Wildman–Crippen LogP) is 5.86. The van der Waals surface area contributed by atoms with E-state index in [4.69, 9.17) is 4.74 Å². The molecule has 0 aliphatic carbocycles. The van der Waals surface area contributed by atoms with Crippen molar-refractivity contribution >= 4 is 23.5 Å². The number of aromatic hydroxyl groups is 3. The lowest BCUT2D eigenvalue weighted by Gasteiger charge is -2.12. The number of anilines is 1. The molecule has 152 valence electrons. The van der Waals surface area contributed by atoms with Gasteiger partial charge < -0.3 is 20.1 Å². The molecule has 6 nitrogen and oxygen atoms in total. The number of hydrogen-bond donors (Lipinski definition) is 4. The molecule has 0 unspecified atom stereocenters. The molecule has 7 heteroatoms. The molecular weight excluding hydrogens is 378 g/mol. The number of ether oxygens (including phenoxy) is 1. The lowest BCUT2D eigenvalue weighted by molar-refractivity contribution is 0.159. The highest BCUT2D eigenvalue weighted by atomic mass is 32.2. The number of carbonyl (C=O) groups is 1. The van der Waals surface area contributed by atoms with Gasteiger partial charge in [0, 0.05) is 17.0 Å². The van der Waals surface area contributed by atoms with E-state index in [0.29, 0.717) is 22.1 Å². The summed E-state index contributed by atoms with van der Waals surface area (Å²) in [4.78, 5) is 13.2. The van der Waals surface area contributed by atoms with Crippen molar-refractivity contribution in [1.29, 1.82) is 0 Å². The Bertz CT molecular complexity index is 781. The highest BCUT2D eigenvalue weighted by Gasteiger charge is 2.12. The molecule has 0 heterocycles. The fraction of sp³-hybridized carbons (Fsp3) is 0.381. The third-order valence-corrected chi connectivity index (χ3v) is 5.23. The van der Waals surface area contributed by atoms with Crippen molar-refractivity contribution in [3.8, 4) is 17.2 Å². The monoisotopic (exact) mass is 405 g/mol. The summed E-state index contributed by atoms with van der Waals surface area (Å²) in [7, 11) is 0. The standard InChI is InChI=1S/C21H27NO5S/c1-2-3-4-5-6-7-12-27-21(26)22-17-13-15(23)8-10-19(17)28-20-11-9-16(24)14-18(20)25/h8-11,13-14,23-25H,2-7,12H2,1H3,(H,22,26). The molecule has 0 spiro atoms. The first kappa shape index (κ1) is 21.8. The zero-order valence-corrected chi connectivity index (χ0v) is 16.8. The van der Waals surface area contributed by atoms with E-state index >= 15 is 0 Å². The van der Waals surface area contributed by atoms with Gasteiger partial charge in [0.05, 0.1) is 17.2 Å². The maximum absolute atomic E-state index is 12.1. The van der Waals surface area contributed by atoms with E-state index < -0.39 is 6.09 Å². The largest absolute Gasteiger partial charge is 0.508 e. The number of carbonyl (C=O) groups excluding carboxylic acids is 1. The van der Waals surface area contributed by atoms with Crippen molar-refractivity contribution in [2.75, 3.05) is 11.9 Å². The molecule has 0 atom stereocenters. The van der Waals surface area contributed by atoms with Crippen LogP contribution in [0.1, 0.15) is 45.4 Å². The van der Waals surface area contributed by atoms with Crippen LogP contribution in [0.3, 0.4) is 0 Å². The van der Waals surface area contributed by atoms with Gasteiger partial charge in [0.25, 0.3) is 0 Å². The predicted molar refractivity (Wildman–Crippen MR) is 110 cm³/mol. The summed E-state index contributed by atoms with van der Waals surface area (Å²) in [5.74, 6) is -0.107. The van der Waals surface area contributed by atoms with Crippen molar-refractivity contribution in [2.45, 2.75) is 55.2 Å². The van der Waals surface area contributed by atoms with Gasteiger partial charge in [0.2, 0.25) is 0 Å². The fourth-order valence-electron chi connectivity index (χ4n) is 2.61. The molecule has 0 radical (unpaired) electrons. The van der Waals surface area contributed by atoms with E-state index in [2.05, 4.69) is 12.2 Å². The summed E-state index contributed by atoms with van der Waals surface area (Å²) in [6, 6.07) is 8.83. The molecule has 0 saturated carbocycles. The zero-order chi connectivity index (χ0) is 20.4. The van der Waals surface area contributed by atoms with Gasteiger partial charge in [-0.25, -0.2) is 4.79 Å². The summed E-state index contributed by atoms with van der Waals surface area (Å²) in [5.41, 5.74) is 0.380. The van der Waals surface area contributed by atoms with Crippen LogP contribution in [0.25, 0.3) is 0 Å². The van der Waals surface area contributed by atoms with Crippen molar-refractivity contribution < 1.29 is 24.9 Å². The fourth-order valence-corrected chi connectivity index (χ4v) is 3.50. The zero-order valence-electron chi connectivity index (χ0n) is 16.0. The first-order chi connectivity index (χ1) is 13.5. The van der Waals surface area contributed by atoms with Gasteiger partial charge >= 0.3 is 6.09 Å². The Balaban J connectivity index is 1.91. The van der Waals surface area contributed by atoms with Crippen molar-refractivity contribution in [3.05, 3.63) is 36.4 Å². The minimum absolute atomic E-state index is 0.00509. The van der Waals surface area contributed by atoms with E-state index in [-0.39, 0.29) is 17.2 Å². The Morgan fingerprint density at radius 3 is 2.29 bits per heavy atom. The van der Waals surface area contributed by atoms with Crippen LogP contribution in [0.5, 0.6) is 17.2 Å². The van der Waals surface area contributed by atoms with Crippen LogP contribution < -0.4 is 5.32 Å². The summed E-state index contributed by atoms with van der Waals surface area (Å²) >= 11 is 1.20. The van der Waals surface area contributed by atoms with Crippen LogP contribution in [0, 0.1) is 0 Å². The van der Waals surface area contributed by atoms with Crippen molar-refractivity contribution in [2.24, 2.45) is 0 Å². The summed E-state index contributed by atoms with van der Waals surface area (Å²) in [5, 5.41) is 31.7. The molecule has 0 aliphatic rings. The van der Waals surface area contributed by atoms with Crippen LogP contribution in [-0.4, -0.2) is 28.0 Å². The van der Waals surface area contributed by atoms with Gasteiger partial charge in [-0.05, 0) is 30.7 Å². The van der Waals surface area contributed by atoms with Gasteiger partial charge in [0.15, 0.2) is 0 Å². The highest BCUT2D eigenvalue weighted by Crippen LogP contribution is 2.40. The quantitative estimate of drug-likeness (QED) is 0.369. The molecule has 4 N–H and O–H groups in total. The Morgan fingerprint density at radius 2 is 1.57 bits per heavy atom. The third kappa shape index (κ3) is 7.23. The topological polar surface area (TPSA) is 99.0 Å². The van der Waals surface area contributed by atoms with Crippen LogP contribution >= 0.6 is 11.8 Å². The summed E-state index contributed by atoms with van der Waals surface area (Å²) < 4.78 is 5.21. The molecular formula is C21H27NO5S. The second-order valence-electron chi connectivity index (χ2n) is 6.46. The Hall–Kier alpha value is -2.54. The van der Waals surface area contributed by atoms with Gasteiger partial charge in [-0.2, -0.15) is 0 Å². The van der Waals surface area contributed by atoms with E-state index in [0.717, 1.165) is 19.3 Å².